The highest BCUT2D eigenvalue weighted by atomic mass is 35.5. The topological polar surface area (TPSA) is 12.0 Å². The van der Waals surface area contributed by atoms with Crippen LogP contribution in [0.25, 0.3) is 5.57 Å². The molecule has 1 aromatic rings. The van der Waals surface area contributed by atoms with E-state index in [0.717, 1.165) is 12.8 Å². The summed E-state index contributed by atoms with van der Waals surface area (Å²) in [6, 6.07) is 6.68. The highest BCUT2D eigenvalue weighted by molar-refractivity contribution is 5.85. The van der Waals surface area contributed by atoms with Crippen LogP contribution in [0.4, 0.5) is 5.69 Å². The lowest BCUT2D eigenvalue weighted by Crippen LogP contribution is -2.34. The zero-order chi connectivity index (χ0) is 11.8. The van der Waals surface area contributed by atoms with Gasteiger partial charge >= 0.3 is 0 Å². The van der Waals surface area contributed by atoms with E-state index in [2.05, 4.69) is 57.3 Å². The van der Waals surface area contributed by atoms with Crippen molar-refractivity contribution in [2.24, 2.45) is 0 Å². The maximum absolute atomic E-state index is 3.64. The van der Waals surface area contributed by atoms with Crippen LogP contribution in [-0.4, -0.2) is 5.54 Å². The van der Waals surface area contributed by atoms with Crippen LogP contribution in [0, 0.1) is 6.92 Å². The number of halogens is 1. The lowest BCUT2D eigenvalue weighted by molar-refractivity contribution is 0.607. The van der Waals surface area contributed by atoms with Crippen molar-refractivity contribution in [3.8, 4) is 0 Å². The van der Waals surface area contributed by atoms with Gasteiger partial charge in [-0.15, -0.1) is 12.4 Å². The first-order valence-corrected chi connectivity index (χ1v) is 6.19. The third-order valence-electron chi connectivity index (χ3n) is 3.55. The summed E-state index contributed by atoms with van der Waals surface area (Å²) < 4.78 is 0. The Labute approximate surface area is 111 Å². The minimum Gasteiger partial charge on any atom is -0.376 e. The molecule has 94 valence electrons. The summed E-state index contributed by atoms with van der Waals surface area (Å²) in [5.41, 5.74) is 5.60. The average Bonchev–Trinajstić information content (AvgIpc) is 2.29. The molecule has 1 aliphatic rings. The Morgan fingerprint density at radius 3 is 2.53 bits per heavy atom. The number of nitrogens with one attached hydrogen (secondary N) is 1. The predicted molar refractivity (Wildman–Crippen MR) is 79.0 cm³/mol. The van der Waals surface area contributed by atoms with Gasteiger partial charge in [-0.3, -0.25) is 0 Å². The van der Waals surface area contributed by atoms with Gasteiger partial charge in [0, 0.05) is 11.3 Å². The minimum atomic E-state index is 0. The van der Waals surface area contributed by atoms with E-state index in [-0.39, 0.29) is 17.9 Å². The number of anilines is 1. The average molecular weight is 252 g/mol. The summed E-state index contributed by atoms with van der Waals surface area (Å²) in [6.45, 7) is 8.89. The highest BCUT2D eigenvalue weighted by Gasteiger charge is 2.25. The van der Waals surface area contributed by atoms with Gasteiger partial charge in [-0.2, -0.15) is 0 Å². The van der Waals surface area contributed by atoms with E-state index in [0.29, 0.717) is 0 Å². The fourth-order valence-electron chi connectivity index (χ4n) is 2.32. The number of allylic oxidation sites excluding steroid dienone is 1. The van der Waals surface area contributed by atoms with E-state index in [1.54, 1.807) is 0 Å². The van der Waals surface area contributed by atoms with Crippen LogP contribution < -0.4 is 5.32 Å². The number of benzene rings is 1. The van der Waals surface area contributed by atoms with Gasteiger partial charge < -0.3 is 5.32 Å². The van der Waals surface area contributed by atoms with Crippen molar-refractivity contribution in [1.29, 1.82) is 0 Å². The summed E-state index contributed by atoms with van der Waals surface area (Å²) >= 11 is 0. The zero-order valence-corrected chi connectivity index (χ0v) is 11.9. The van der Waals surface area contributed by atoms with Gasteiger partial charge in [0.25, 0.3) is 0 Å². The summed E-state index contributed by atoms with van der Waals surface area (Å²) in [6.07, 6.45) is 4.62. The second kappa shape index (κ2) is 5.14. The largest absolute Gasteiger partial charge is 0.376 e. The number of fused-ring (bicyclic) bond motifs is 1. The van der Waals surface area contributed by atoms with Crippen LogP contribution in [0.2, 0.25) is 0 Å². The first kappa shape index (κ1) is 14.1. The molecule has 0 aliphatic carbocycles. The number of hydrogen-bond acceptors (Lipinski definition) is 1. The molecule has 1 nitrogen and oxygen atoms in total. The molecule has 2 heteroatoms. The molecule has 1 aliphatic heterocycles. The van der Waals surface area contributed by atoms with Crippen LogP contribution in [0.5, 0.6) is 0 Å². The van der Waals surface area contributed by atoms with Crippen molar-refractivity contribution >= 4 is 23.7 Å². The maximum atomic E-state index is 3.64. The van der Waals surface area contributed by atoms with Crippen molar-refractivity contribution < 1.29 is 0 Å². The molecule has 0 fully saturated rings. The fraction of sp³-hybridized carbons (Fsp3) is 0.467. The monoisotopic (exact) mass is 251 g/mol. The maximum Gasteiger partial charge on any atom is 0.0531 e. The van der Waals surface area contributed by atoms with E-state index in [9.17, 15) is 0 Å². The van der Waals surface area contributed by atoms with Gasteiger partial charge in [0.1, 0.15) is 0 Å². The van der Waals surface area contributed by atoms with E-state index in [4.69, 9.17) is 0 Å². The molecule has 1 N–H and O–H groups in total. The SMILES string of the molecule is CCC1=CC(C)(CC)Nc2ccc(C)cc21.Cl. The standard InChI is InChI=1S/C15H21N.ClH/c1-5-12-10-15(4,6-2)16-14-8-7-11(3)9-13(12)14;/h7-10,16H,5-6H2,1-4H3;1H. The molecule has 0 spiro atoms. The zero-order valence-electron chi connectivity index (χ0n) is 11.1. The summed E-state index contributed by atoms with van der Waals surface area (Å²) in [5, 5.41) is 3.64. The van der Waals surface area contributed by atoms with Gasteiger partial charge in [0.15, 0.2) is 0 Å². The normalized spacial score (nSPS) is 22.0. The molecule has 0 saturated heterocycles. The predicted octanol–water partition coefficient (Wildman–Crippen LogP) is 4.80. The molecule has 0 aromatic heterocycles. The van der Waals surface area contributed by atoms with E-state index < -0.39 is 0 Å². The molecule has 1 aromatic carbocycles. The third-order valence-corrected chi connectivity index (χ3v) is 3.55. The molecule has 0 saturated carbocycles. The molecule has 1 heterocycles. The quantitative estimate of drug-likeness (QED) is 0.796. The van der Waals surface area contributed by atoms with E-state index in [1.165, 1.54) is 22.4 Å². The lowest BCUT2D eigenvalue weighted by atomic mass is 9.86. The Morgan fingerprint density at radius 1 is 1.24 bits per heavy atom. The number of aryl methyl sites for hydroxylation is 1. The van der Waals surface area contributed by atoms with Gasteiger partial charge in [-0.05, 0) is 44.4 Å². The second-order valence-corrected chi connectivity index (χ2v) is 4.97. The molecule has 2 rings (SSSR count). The molecule has 0 bridgehead atoms. The molecule has 0 radical (unpaired) electrons. The van der Waals surface area contributed by atoms with E-state index in [1.807, 2.05) is 0 Å². The fourth-order valence-corrected chi connectivity index (χ4v) is 2.32. The second-order valence-electron chi connectivity index (χ2n) is 4.97. The van der Waals surface area contributed by atoms with E-state index >= 15 is 0 Å². The number of hydrogen-bond donors (Lipinski definition) is 1. The van der Waals surface area contributed by atoms with Crippen LogP contribution in [-0.2, 0) is 0 Å². The molecule has 1 atom stereocenters. The first-order chi connectivity index (χ1) is 7.58. The van der Waals surface area contributed by atoms with Crippen LogP contribution >= 0.6 is 12.4 Å². The minimum absolute atomic E-state index is 0. The van der Waals surface area contributed by atoms with Crippen molar-refractivity contribution in [3.63, 3.8) is 0 Å². The van der Waals surface area contributed by atoms with Crippen LogP contribution in [0.1, 0.15) is 44.7 Å². The Bertz CT molecular complexity index is 437. The van der Waals surface area contributed by atoms with Crippen LogP contribution in [0.3, 0.4) is 0 Å². The van der Waals surface area contributed by atoms with Gasteiger partial charge in [-0.1, -0.05) is 31.6 Å². The van der Waals surface area contributed by atoms with Gasteiger partial charge in [0.2, 0.25) is 0 Å². The van der Waals surface area contributed by atoms with Crippen molar-refractivity contribution in [2.75, 3.05) is 5.32 Å². The summed E-state index contributed by atoms with van der Waals surface area (Å²) in [4.78, 5) is 0. The number of rotatable bonds is 2. The van der Waals surface area contributed by atoms with Crippen molar-refractivity contribution in [1.82, 2.24) is 0 Å². The molecular formula is C15H22ClN. The highest BCUT2D eigenvalue weighted by Crippen LogP contribution is 2.37. The lowest BCUT2D eigenvalue weighted by Gasteiger charge is -2.34. The van der Waals surface area contributed by atoms with Crippen molar-refractivity contribution in [2.45, 2.75) is 46.1 Å². The van der Waals surface area contributed by atoms with Gasteiger partial charge in [0.05, 0.1) is 5.54 Å². The molecular weight excluding hydrogens is 230 g/mol. The van der Waals surface area contributed by atoms with Crippen LogP contribution in [0.15, 0.2) is 24.3 Å². The van der Waals surface area contributed by atoms with Gasteiger partial charge in [-0.25, -0.2) is 0 Å². The Hall–Kier alpha value is -0.950. The summed E-state index contributed by atoms with van der Waals surface area (Å²) in [5.74, 6) is 0. The molecule has 1 unspecified atom stereocenters. The Kier molecular flexibility index (Phi) is 4.26. The summed E-state index contributed by atoms with van der Waals surface area (Å²) in [7, 11) is 0. The Morgan fingerprint density at radius 2 is 1.94 bits per heavy atom. The molecule has 0 amide bonds. The first-order valence-electron chi connectivity index (χ1n) is 6.19. The smallest absolute Gasteiger partial charge is 0.0531 e. The van der Waals surface area contributed by atoms with Crippen molar-refractivity contribution in [3.05, 3.63) is 35.4 Å². The third kappa shape index (κ3) is 2.66. The Balaban J connectivity index is 0.00000144. The molecule has 17 heavy (non-hydrogen) atoms.